The lowest BCUT2D eigenvalue weighted by atomic mass is 10.0. The molecule has 0 radical (unpaired) electrons. The molecule has 3 nitrogen and oxygen atoms in total. The van der Waals surface area contributed by atoms with Gasteiger partial charge < -0.3 is 5.32 Å². The highest BCUT2D eigenvalue weighted by Crippen LogP contribution is 2.10. The van der Waals surface area contributed by atoms with Crippen molar-refractivity contribution < 1.29 is 9.59 Å². The average Bonchev–Trinajstić information content (AvgIpc) is 2.51. The lowest BCUT2D eigenvalue weighted by Gasteiger charge is -2.05. The molecule has 1 N–H and O–H groups in total. The van der Waals surface area contributed by atoms with Gasteiger partial charge in [0.15, 0.2) is 0 Å². The first-order chi connectivity index (χ1) is 10.6. The number of rotatable bonds is 13. The molecular formula is C19H39NO2. The van der Waals surface area contributed by atoms with E-state index in [1.807, 2.05) is 27.7 Å². The van der Waals surface area contributed by atoms with Gasteiger partial charge in [0.2, 0.25) is 5.91 Å². The van der Waals surface area contributed by atoms with E-state index in [1.165, 1.54) is 12.8 Å². The number of Topliss-reactive ketones (excluding diaryl/α,β-unsaturated/α-hetero) is 1. The fourth-order valence-corrected chi connectivity index (χ4v) is 2.07. The Hall–Kier alpha value is -0.860. The summed E-state index contributed by atoms with van der Waals surface area (Å²) in [6.45, 7) is 10.9. The maximum Gasteiger partial charge on any atom is 0.219 e. The minimum Gasteiger partial charge on any atom is -0.356 e. The van der Waals surface area contributed by atoms with Crippen molar-refractivity contribution in [1.82, 2.24) is 5.32 Å². The Morgan fingerprint density at radius 1 is 0.818 bits per heavy atom. The van der Waals surface area contributed by atoms with Gasteiger partial charge in [-0.2, -0.15) is 0 Å². The Morgan fingerprint density at radius 2 is 1.32 bits per heavy atom. The molecule has 0 aliphatic rings. The summed E-state index contributed by atoms with van der Waals surface area (Å²) in [6.07, 6.45) is 10.2. The summed E-state index contributed by atoms with van der Waals surface area (Å²) in [5.41, 5.74) is 0. The molecule has 0 aromatic heterocycles. The summed E-state index contributed by atoms with van der Waals surface area (Å²) in [6, 6.07) is 0. The summed E-state index contributed by atoms with van der Waals surface area (Å²) >= 11 is 0. The molecule has 0 saturated heterocycles. The van der Waals surface area contributed by atoms with Crippen molar-refractivity contribution >= 4 is 11.7 Å². The standard InChI is InChI=1S/C17H33NO2.C2H6/c1-4-5-14-18-17(20)13-11-9-7-6-8-10-12-16(19)15(2)3;1-2/h15H,4-14H2,1-3H3,(H,18,20);1-2H3. The molecule has 0 fully saturated rings. The molecule has 0 unspecified atom stereocenters. The quantitative estimate of drug-likeness (QED) is 0.470. The second kappa shape index (κ2) is 18.2. The van der Waals surface area contributed by atoms with Gasteiger partial charge in [0, 0.05) is 25.3 Å². The van der Waals surface area contributed by atoms with Crippen molar-refractivity contribution in [2.75, 3.05) is 6.54 Å². The van der Waals surface area contributed by atoms with Crippen molar-refractivity contribution in [2.24, 2.45) is 5.92 Å². The number of carbonyl (C=O) groups excluding carboxylic acids is 2. The van der Waals surface area contributed by atoms with E-state index in [2.05, 4.69) is 12.2 Å². The van der Waals surface area contributed by atoms with Crippen LogP contribution in [-0.2, 0) is 9.59 Å². The van der Waals surface area contributed by atoms with Crippen LogP contribution in [0.15, 0.2) is 0 Å². The van der Waals surface area contributed by atoms with Crippen LogP contribution in [-0.4, -0.2) is 18.2 Å². The summed E-state index contributed by atoms with van der Waals surface area (Å²) in [5, 5.41) is 2.94. The highest BCUT2D eigenvalue weighted by Gasteiger charge is 2.05. The molecule has 0 saturated carbocycles. The van der Waals surface area contributed by atoms with Crippen molar-refractivity contribution in [3.8, 4) is 0 Å². The number of hydrogen-bond acceptors (Lipinski definition) is 2. The van der Waals surface area contributed by atoms with Gasteiger partial charge >= 0.3 is 0 Å². The number of amides is 1. The van der Waals surface area contributed by atoms with E-state index in [-0.39, 0.29) is 11.8 Å². The Bertz CT molecular complexity index is 262. The summed E-state index contributed by atoms with van der Waals surface area (Å²) < 4.78 is 0. The van der Waals surface area contributed by atoms with Gasteiger partial charge in [0.1, 0.15) is 5.78 Å². The van der Waals surface area contributed by atoms with Crippen molar-refractivity contribution in [1.29, 1.82) is 0 Å². The van der Waals surface area contributed by atoms with E-state index in [1.54, 1.807) is 0 Å². The molecule has 22 heavy (non-hydrogen) atoms. The molecular weight excluding hydrogens is 274 g/mol. The van der Waals surface area contributed by atoms with E-state index in [0.717, 1.165) is 51.5 Å². The van der Waals surface area contributed by atoms with Crippen LogP contribution in [0.25, 0.3) is 0 Å². The van der Waals surface area contributed by atoms with Gasteiger partial charge in [0.05, 0.1) is 0 Å². The molecule has 0 aliphatic heterocycles. The van der Waals surface area contributed by atoms with Crippen molar-refractivity contribution in [3.05, 3.63) is 0 Å². The topological polar surface area (TPSA) is 46.2 Å². The van der Waals surface area contributed by atoms with E-state index >= 15 is 0 Å². The van der Waals surface area contributed by atoms with Gasteiger partial charge in [-0.05, 0) is 19.3 Å². The van der Waals surface area contributed by atoms with Gasteiger partial charge in [-0.15, -0.1) is 0 Å². The normalized spacial score (nSPS) is 10.1. The summed E-state index contributed by atoms with van der Waals surface area (Å²) in [5.74, 6) is 0.760. The van der Waals surface area contributed by atoms with Crippen molar-refractivity contribution in [2.45, 2.75) is 98.8 Å². The van der Waals surface area contributed by atoms with Gasteiger partial charge in [-0.1, -0.05) is 66.7 Å². The lowest BCUT2D eigenvalue weighted by molar-refractivity contribution is -0.122. The Kier molecular flexibility index (Phi) is 19.4. The van der Waals surface area contributed by atoms with Crippen molar-refractivity contribution in [3.63, 3.8) is 0 Å². The zero-order valence-electron chi connectivity index (χ0n) is 15.7. The second-order valence-corrected chi connectivity index (χ2v) is 5.95. The Balaban J connectivity index is 0. The fraction of sp³-hybridized carbons (Fsp3) is 0.895. The van der Waals surface area contributed by atoms with E-state index in [0.29, 0.717) is 12.2 Å². The molecule has 0 atom stereocenters. The third kappa shape index (κ3) is 17.2. The predicted octanol–water partition coefficient (Wildman–Crippen LogP) is 5.27. The number of carbonyl (C=O) groups is 2. The Morgan fingerprint density at radius 3 is 1.82 bits per heavy atom. The SMILES string of the molecule is CC.CCCCNC(=O)CCCCCCCCC(=O)C(C)C. The van der Waals surface area contributed by atoms with E-state index in [4.69, 9.17) is 0 Å². The highest BCUT2D eigenvalue weighted by atomic mass is 16.1. The summed E-state index contributed by atoms with van der Waals surface area (Å²) in [7, 11) is 0. The number of hydrogen-bond donors (Lipinski definition) is 1. The van der Waals surface area contributed by atoms with Crippen LogP contribution in [0.1, 0.15) is 98.8 Å². The third-order valence-corrected chi connectivity index (χ3v) is 3.57. The maximum atomic E-state index is 11.4. The third-order valence-electron chi connectivity index (χ3n) is 3.57. The van der Waals surface area contributed by atoms with Gasteiger partial charge in [-0.3, -0.25) is 9.59 Å². The van der Waals surface area contributed by atoms with Crippen LogP contribution in [0.2, 0.25) is 0 Å². The maximum absolute atomic E-state index is 11.4. The second-order valence-electron chi connectivity index (χ2n) is 5.95. The zero-order chi connectivity index (χ0) is 17.2. The van der Waals surface area contributed by atoms with E-state index < -0.39 is 0 Å². The minimum absolute atomic E-state index is 0.182. The van der Waals surface area contributed by atoms with E-state index in [9.17, 15) is 9.59 Å². The minimum atomic E-state index is 0.182. The number of ketones is 1. The molecule has 132 valence electrons. The Labute approximate surface area is 138 Å². The fourth-order valence-electron chi connectivity index (χ4n) is 2.07. The first-order valence-electron chi connectivity index (χ1n) is 9.37. The first-order valence-corrected chi connectivity index (χ1v) is 9.37. The average molecular weight is 314 g/mol. The number of nitrogens with one attached hydrogen (secondary N) is 1. The van der Waals surface area contributed by atoms with Crippen LogP contribution in [0, 0.1) is 5.92 Å². The molecule has 0 bridgehead atoms. The molecule has 3 heteroatoms. The first kappa shape index (κ1) is 23.4. The predicted molar refractivity (Wildman–Crippen MR) is 96.0 cm³/mol. The lowest BCUT2D eigenvalue weighted by Crippen LogP contribution is -2.23. The van der Waals surface area contributed by atoms with Crippen LogP contribution in [0.4, 0.5) is 0 Å². The largest absolute Gasteiger partial charge is 0.356 e. The molecule has 0 heterocycles. The van der Waals surface area contributed by atoms with Crippen LogP contribution in [0.3, 0.4) is 0 Å². The molecule has 0 spiro atoms. The molecule has 0 aromatic carbocycles. The van der Waals surface area contributed by atoms with Crippen LogP contribution < -0.4 is 5.32 Å². The van der Waals surface area contributed by atoms with Gasteiger partial charge in [-0.25, -0.2) is 0 Å². The monoisotopic (exact) mass is 313 g/mol. The van der Waals surface area contributed by atoms with Gasteiger partial charge in [0.25, 0.3) is 0 Å². The highest BCUT2D eigenvalue weighted by molar-refractivity contribution is 5.80. The number of unbranched alkanes of at least 4 members (excludes halogenated alkanes) is 6. The smallest absolute Gasteiger partial charge is 0.219 e. The van der Waals surface area contributed by atoms with Crippen LogP contribution >= 0.6 is 0 Å². The molecule has 0 aliphatic carbocycles. The molecule has 0 aromatic rings. The zero-order valence-corrected chi connectivity index (χ0v) is 15.7. The van der Waals surface area contributed by atoms with Crippen LogP contribution in [0.5, 0.6) is 0 Å². The molecule has 1 amide bonds. The summed E-state index contributed by atoms with van der Waals surface area (Å²) in [4.78, 5) is 22.9. The molecule has 0 rings (SSSR count).